The molecular weight excluding hydrogens is 327 g/mol. The summed E-state index contributed by atoms with van der Waals surface area (Å²) < 4.78 is 13.5. The van der Waals surface area contributed by atoms with E-state index in [0.29, 0.717) is 21.9 Å². The maximum absolute atomic E-state index is 13.5. The van der Waals surface area contributed by atoms with Gasteiger partial charge in [0.25, 0.3) is 0 Å². The van der Waals surface area contributed by atoms with Crippen LogP contribution in [-0.4, -0.2) is 16.0 Å². The summed E-state index contributed by atoms with van der Waals surface area (Å²) in [7, 11) is 0. The van der Waals surface area contributed by atoms with Crippen molar-refractivity contribution in [3.8, 4) is 5.75 Å². The number of allylic oxidation sites excluding steroid dienone is 1. The zero-order valence-corrected chi connectivity index (χ0v) is 13.7. The highest BCUT2D eigenvalue weighted by atomic mass is 32.1. The second-order valence-electron chi connectivity index (χ2n) is 5.50. The summed E-state index contributed by atoms with van der Waals surface area (Å²) in [5.74, 6) is -0.683. The largest absolute Gasteiger partial charge is 0.508 e. The summed E-state index contributed by atoms with van der Waals surface area (Å²) in [5, 5.41) is 16.1. The van der Waals surface area contributed by atoms with E-state index in [-0.39, 0.29) is 17.1 Å². The smallest absolute Gasteiger partial charge is 0.193 e. The molecular formula is C18H15FN2O2S. The van der Waals surface area contributed by atoms with Gasteiger partial charge in [-0.25, -0.2) is 4.39 Å². The normalized spacial score (nSPS) is 17.2. The zero-order valence-electron chi connectivity index (χ0n) is 12.8. The van der Waals surface area contributed by atoms with Gasteiger partial charge in [0.2, 0.25) is 0 Å². The zero-order chi connectivity index (χ0) is 17.3. The Morgan fingerprint density at radius 3 is 2.67 bits per heavy atom. The van der Waals surface area contributed by atoms with Crippen molar-refractivity contribution in [3.63, 3.8) is 0 Å². The van der Waals surface area contributed by atoms with Crippen molar-refractivity contribution in [2.75, 3.05) is 0 Å². The molecule has 0 radical (unpaired) electrons. The summed E-state index contributed by atoms with van der Waals surface area (Å²) >= 11 is 5.18. The first kappa shape index (κ1) is 16.1. The van der Waals surface area contributed by atoms with Crippen LogP contribution in [0.5, 0.6) is 5.75 Å². The molecule has 0 aliphatic carbocycles. The number of hydrogen-bond acceptors (Lipinski definition) is 3. The number of nitrogens with one attached hydrogen (secondary N) is 2. The van der Waals surface area contributed by atoms with Gasteiger partial charge < -0.3 is 15.7 Å². The van der Waals surface area contributed by atoms with E-state index in [1.54, 1.807) is 37.3 Å². The average molecular weight is 342 g/mol. The van der Waals surface area contributed by atoms with Gasteiger partial charge in [-0.1, -0.05) is 24.3 Å². The van der Waals surface area contributed by atoms with E-state index in [2.05, 4.69) is 10.6 Å². The molecule has 3 rings (SSSR count). The van der Waals surface area contributed by atoms with Crippen LogP contribution < -0.4 is 10.6 Å². The van der Waals surface area contributed by atoms with Crippen LogP contribution in [0.3, 0.4) is 0 Å². The molecule has 0 spiro atoms. The second kappa shape index (κ2) is 6.41. The Kier molecular flexibility index (Phi) is 4.31. The number of Topliss-reactive ketones (excluding diaryl/α,β-unsaturated/α-hetero) is 1. The number of phenols is 1. The van der Waals surface area contributed by atoms with Gasteiger partial charge in [0.05, 0.1) is 6.04 Å². The molecule has 1 unspecified atom stereocenters. The van der Waals surface area contributed by atoms with Gasteiger partial charge in [-0.05, 0) is 49.0 Å². The molecule has 0 fully saturated rings. The highest BCUT2D eigenvalue weighted by Crippen LogP contribution is 2.31. The van der Waals surface area contributed by atoms with Gasteiger partial charge >= 0.3 is 0 Å². The van der Waals surface area contributed by atoms with Crippen LogP contribution in [0.4, 0.5) is 4.39 Å². The van der Waals surface area contributed by atoms with E-state index in [1.807, 2.05) is 0 Å². The molecule has 0 saturated carbocycles. The number of hydrogen-bond donors (Lipinski definition) is 3. The molecule has 1 aliphatic heterocycles. The fraction of sp³-hybridized carbons (Fsp3) is 0.111. The van der Waals surface area contributed by atoms with Gasteiger partial charge in [-0.15, -0.1) is 0 Å². The van der Waals surface area contributed by atoms with E-state index in [1.165, 1.54) is 18.2 Å². The average Bonchev–Trinajstić information content (AvgIpc) is 2.53. The molecule has 4 nitrogen and oxygen atoms in total. The Morgan fingerprint density at radius 2 is 1.96 bits per heavy atom. The van der Waals surface area contributed by atoms with E-state index in [0.717, 1.165) is 0 Å². The molecule has 6 heteroatoms. The highest BCUT2D eigenvalue weighted by molar-refractivity contribution is 7.80. The fourth-order valence-electron chi connectivity index (χ4n) is 2.73. The van der Waals surface area contributed by atoms with Gasteiger partial charge in [0, 0.05) is 16.8 Å². The lowest BCUT2D eigenvalue weighted by Gasteiger charge is -2.30. The molecule has 1 atom stereocenters. The number of benzene rings is 2. The minimum Gasteiger partial charge on any atom is -0.508 e. The van der Waals surface area contributed by atoms with Crippen molar-refractivity contribution in [3.05, 3.63) is 76.7 Å². The third-order valence-corrected chi connectivity index (χ3v) is 4.02. The van der Waals surface area contributed by atoms with Crippen LogP contribution in [0.1, 0.15) is 28.9 Å². The van der Waals surface area contributed by atoms with Crippen LogP contribution in [0, 0.1) is 5.82 Å². The minimum absolute atomic E-state index is 0.0916. The van der Waals surface area contributed by atoms with E-state index < -0.39 is 11.9 Å². The molecule has 0 aromatic heterocycles. The molecule has 1 aliphatic rings. The third-order valence-electron chi connectivity index (χ3n) is 3.80. The number of phenolic OH excluding ortho intramolecular Hbond substituents is 1. The summed E-state index contributed by atoms with van der Waals surface area (Å²) in [4.78, 5) is 12.9. The molecule has 0 bridgehead atoms. The number of aromatic hydroxyl groups is 1. The van der Waals surface area contributed by atoms with Crippen LogP contribution in [0.15, 0.2) is 59.8 Å². The number of rotatable bonds is 3. The van der Waals surface area contributed by atoms with Crippen molar-refractivity contribution < 1.29 is 14.3 Å². The molecule has 122 valence electrons. The lowest BCUT2D eigenvalue weighted by Crippen LogP contribution is -2.44. The molecule has 1 heterocycles. The van der Waals surface area contributed by atoms with Crippen LogP contribution in [0.25, 0.3) is 0 Å². The number of halogens is 1. The summed E-state index contributed by atoms with van der Waals surface area (Å²) in [6.07, 6.45) is 0. The standard InChI is InChI=1S/C18H15FN2O2S/c1-10-15(17(23)12-5-2-6-13(19)8-12)16(21-18(24)20-10)11-4-3-7-14(22)9-11/h2-9,16,22H,1H3,(H2,20,21,24). The Balaban J connectivity index is 2.08. The highest BCUT2D eigenvalue weighted by Gasteiger charge is 2.30. The first-order valence-corrected chi connectivity index (χ1v) is 7.74. The van der Waals surface area contributed by atoms with Gasteiger partial charge in [-0.2, -0.15) is 0 Å². The predicted octanol–water partition coefficient (Wildman–Crippen LogP) is 3.21. The van der Waals surface area contributed by atoms with E-state index in [9.17, 15) is 14.3 Å². The van der Waals surface area contributed by atoms with Crippen molar-refractivity contribution in [1.82, 2.24) is 10.6 Å². The number of thiocarbonyl (C=S) groups is 1. The Bertz CT molecular complexity index is 864. The van der Waals surface area contributed by atoms with Gasteiger partial charge in [-0.3, -0.25) is 4.79 Å². The quantitative estimate of drug-likeness (QED) is 0.591. The lowest BCUT2D eigenvalue weighted by molar-refractivity contribution is 0.102. The SMILES string of the molecule is CC1=C(C(=O)c2cccc(F)c2)C(c2cccc(O)c2)NC(=S)N1. The van der Waals surface area contributed by atoms with Gasteiger partial charge in [0.1, 0.15) is 11.6 Å². The number of carbonyl (C=O) groups excluding carboxylic acids is 1. The lowest BCUT2D eigenvalue weighted by atomic mass is 9.89. The van der Waals surface area contributed by atoms with Crippen molar-refractivity contribution in [2.45, 2.75) is 13.0 Å². The first-order chi connectivity index (χ1) is 11.5. The molecule has 0 amide bonds. The third kappa shape index (κ3) is 3.14. The van der Waals surface area contributed by atoms with Gasteiger partial charge in [0.15, 0.2) is 10.9 Å². The second-order valence-corrected chi connectivity index (χ2v) is 5.91. The Morgan fingerprint density at radius 1 is 1.21 bits per heavy atom. The van der Waals surface area contributed by atoms with Crippen molar-refractivity contribution >= 4 is 23.1 Å². The van der Waals surface area contributed by atoms with E-state index >= 15 is 0 Å². The fourth-order valence-corrected chi connectivity index (χ4v) is 3.01. The number of carbonyl (C=O) groups is 1. The van der Waals surface area contributed by atoms with Crippen molar-refractivity contribution in [2.24, 2.45) is 0 Å². The summed E-state index contributed by atoms with van der Waals surface area (Å²) in [6, 6.07) is 11.6. The Labute approximate surface area is 144 Å². The monoisotopic (exact) mass is 342 g/mol. The first-order valence-electron chi connectivity index (χ1n) is 7.33. The van der Waals surface area contributed by atoms with Crippen molar-refractivity contribution in [1.29, 1.82) is 0 Å². The molecule has 3 N–H and O–H groups in total. The molecule has 24 heavy (non-hydrogen) atoms. The maximum Gasteiger partial charge on any atom is 0.193 e. The topological polar surface area (TPSA) is 61.4 Å². The molecule has 2 aromatic carbocycles. The minimum atomic E-state index is -0.526. The maximum atomic E-state index is 13.5. The summed E-state index contributed by atoms with van der Waals surface area (Å²) in [5.41, 5.74) is 1.98. The van der Waals surface area contributed by atoms with E-state index in [4.69, 9.17) is 12.2 Å². The molecule has 0 saturated heterocycles. The number of ketones is 1. The van der Waals surface area contributed by atoms with Crippen LogP contribution in [0.2, 0.25) is 0 Å². The molecule has 2 aromatic rings. The summed E-state index contributed by atoms with van der Waals surface area (Å²) in [6.45, 7) is 1.75. The Hall–Kier alpha value is -2.73. The van der Waals surface area contributed by atoms with Crippen LogP contribution in [-0.2, 0) is 0 Å². The van der Waals surface area contributed by atoms with Crippen LogP contribution >= 0.6 is 12.2 Å². The predicted molar refractivity (Wildman–Crippen MR) is 93.1 cm³/mol.